The van der Waals surface area contributed by atoms with Crippen molar-refractivity contribution in [3.05, 3.63) is 52.7 Å². The first-order valence-electron chi connectivity index (χ1n) is 6.08. The molecule has 0 spiro atoms. The molecule has 0 saturated heterocycles. The molecule has 0 amide bonds. The molecule has 2 N–H and O–H groups in total. The number of fused-ring (bicyclic) bond motifs is 1. The summed E-state index contributed by atoms with van der Waals surface area (Å²) in [4.78, 5) is 4.61. The summed E-state index contributed by atoms with van der Waals surface area (Å²) in [7, 11) is 0. The summed E-state index contributed by atoms with van der Waals surface area (Å²) < 4.78 is 1.82. The van der Waals surface area contributed by atoms with Gasteiger partial charge in [0, 0.05) is 11.8 Å². The van der Waals surface area contributed by atoms with Gasteiger partial charge in [0.25, 0.3) is 0 Å². The molecule has 96 valence electrons. The second-order valence-electron chi connectivity index (χ2n) is 4.66. The van der Waals surface area contributed by atoms with E-state index in [1.54, 1.807) is 0 Å². The summed E-state index contributed by atoms with van der Waals surface area (Å²) in [5, 5.41) is 0.603. The van der Waals surface area contributed by atoms with Crippen LogP contribution in [-0.4, -0.2) is 9.38 Å². The molecule has 0 aliphatic carbocycles. The molecule has 0 radical (unpaired) electrons. The molecule has 3 rings (SSSR count). The van der Waals surface area contributed by atoms with Crippen LogP contribution >= 0.6 is 11.6 Å². The maximum absolute atomic E-state index is 6.22. The summed E-state index contributed by atoms with van der Waals surface area (Å²) in [6.45, 7) is 4.13. The van der Waals surface area contributed by atoms with Gasteiger partial charge in [-0.05, 0) is 37.1 Å². The average Bonchev–Trinajstić information content (AvgIpc) is 2.69. The number of halogens is 1. The van der Waals surface area contributed by atoms with Gasteiger partial charge >= 0.3 is 0 Å². The lowest BCUT2D eigenvalue weighted by molar-refractivity contribution is 1.20. The van der Waals surface area contributed by atoms with E-state index in [2.05, 4.69) is 31.0 Å². The average molecular weight is 272 g/mol. The zero-order valence-corrected chi connectivity index (χ0v) is 11.6. The summed E-state index contributed by atoms with van der Waals surface area (Å²) in [6, 6.07) is 9.84. The van der Waals surface area contributed by atoms with Gasteiger partial charge in [-0.1, -0.05) is 29.8 Å². The highest BCUT2D eigenvalue weighted by Crippen LogP contribution is 2.33. The van der Waals surface area contributed by atoms with Gasteiger partial charge < -0.3 is 5.73 Å². The minimum absolute atomic E-state index is 0.603. The minimum atomic E-state index is 0.603. The number of pyridine rings is 1. The quantitative estimate of drug-likeness (QED) is 0.730. The number of hydrogen-bond acceptors (Lipinski definition) is 2. The van der Waals surface area contributed by atoms with Gasteiger partial charge in [0.2, 0.25) is 0 Å². The van der Waals surface area contributed by atoms with Crippen LogP contribution in [0.3, 0.4) is 0 Å². The number of nitrogens with two attached hydrogens (primary N) is 1. The number of nitrogens with zero attached hydrogens (tertiary/aromatic N) is 2. The maximum Gasteiger partial charge on any atom is 0.157 e. The number of rotatable bonds is 1. The van der Waals surface area contributed by atoms with Crippen molar-refractivity contribution in [2.24, 2.45) is 0 Å². The summed E-state index contributed by atoms with van der Waals surface area (Å²) >= 11 is 6.17. The molecule has 3 aromatic rings. The van der Waals surface area contributed by atoms with E-state index in [4.69, 9.17) is 17.3 Å². The van der Waals surface area contributed by atoms with Gasteiger partial charge in [0.05, 0.1) is 5.02 Å². The fourth-order valence-corrected chi connectivity index (χ4v) is 2.63. The molecular formula is C15H14ClN3. The molecule has 2 heterocycles. The first kappa shape index (κ1) is 12.1. The Morgan fingerprint density at radius 3 is 2.42 bits per heavy atom. The zero-order chi connectivity index (χ0) is 13.6. The first-order valence-corrected chi connectivity index (χ1v) is 6.46. The topological polar surface area (TPSA) is 43.3 Å². The lowest BCUT2D eigenvalue weighted by Crippen LogP contribution is -1.96. The molecule has 2 aromatic heterocycles. The number of nitrogen functional groups attached to an aromatic ring is 1. The summed E-state index contributed by atoms with van der Waals surface area (Å²) in [5.41, 5.74) is 11.1. The van der Waals surface area contributed by atoms with E-state index >= 15 is 0 Å². The van der Waals surface area contributed by atoms with E-state index in [-0.39, 0.29) is 0 Å². The van der Waals surface area contributed by atoms with Crippen molar-refractivity contribution in [1.82, 2.24) is 9.38 Å². The first-order chi connectivity index (χ1) is 9.09. The van der Waals surface area contributed by atoms with E-state index in [1.165, 1.54) is 0 Å². The van der Waals surface area contributed by atoms with Crippen molar-refractivity contribution in [3.63, 3.8) is 0 Å². The predicted molar refractivity (Wildman–Crippen MR) is 79.5 cm³/mol. The van der Waals surface area contributed by atoms with E-state index in [0.717, 1.165) is 22.4 Å². The molecule has 0 bridgehead atoms. The Hall–Kier alpha value is -2.00. The normalized spacial score (nSPS) is 11.1. The summed E-state index contributed by atoms with van der Waals surface area (Å²) in [6.07, 6.45) is 1.88. The molecule has 3 nitrogen and oxygen atoms in total. The van der Waals surface area contributed by atoms with Crippen molar-refractivity contribution in [1.29, 1.82) is 0 Å². The van der Waals surface area contributed by atoms with Crippen molar-refractivity contribution in [2.45, 2.75) is 13.8 Å². The third-order valence-electron chi connectivity index (χ3n) is 3.36. The van der Waals surface area contributed by atoms with Crippen LogP contribution in [0.25, 0.3) is 16.9 Å². The third-order valence-corrected chi connectivity index (χ3v) is 3.65. The second kappa shape index (κ2) is 4.28. The van der Waals surface area contributed by atoms with Crippen LogP contribution in [0.2, 0.25) is 5.02 Å². The van der Waals surface area contributed by atoms with Crippen molar-refractivity contribution < 1.29 is 0 Å². The number of imidazole rings is 1. The van der Waals surface area contributed by atoms with Gasteiger partial charge in [-0.15, -0.1) is 0 Å². The molecule has 0 aliphatic heterocycles. The molecule has 19 heavy (non-hydrogen) atoms. The fraction of sp³-hybridized carbons (Fsp3) is 0.133. The van der Waals surface area contributed by atoms with Crippen molar-refractivity contribution in [2.75, 3.05) is 5.73 Å². The van der Waals surface area contributed by atoms with Crippen LogP contribution in [-0.2, 0) is 0 Å². The van der Waals surface area contributed by atoms with Crippen molar-refractivity contribution >= 4 is 23.1 Å². The molecule has 0 fully saturated rings. The third kappa shape index (κ3) is 1.78. The molecule has 0 saturated carbocycles. The number of benzene rings is 1. The molecule has 0 atom stereocenters. The molecule has 0 aliphatic rings. The van der Waals surface area contributed by atoms with E-state index in [1.807, 2.05) is 28.8 Å². The largest absolute Gasteiger partial charge is 0.383 e. The minimum Gasteiger partial charge on any atom is -0.383 e. The lowest BCUT2D eigenvalue weighted by Gasteiger charge is -2.07. The Morgan fingerprint density at radius 2 is 1.79 bits per heavy atom. The highest BCUT2D eigenvalue weighted by atomic mass is 35.5. The molecule has 4 heteroatoms. The van der Waals surface area contributed by atoms with Gasteiger partial charge in [-0.3, -0.25) is 4.40 Å². The van der Waals surface area contributed by atoms with Crippen LogP contribution in [0.4, 0.5) is 5.82 Å². The highest BCUT2D eigenvalue weighted by Gasteiger charge is 2.16. The Kier molecular flexibility index (Phi) is 2.72. The SMILES string of the molecule is Cc1cccc(C)c1-c1nc2c(Cl)cccn2c1N. The van der Waals surface area contributed by atoms with Gasteiger partial charge in [-0.25, -0.2) is 4.98 Å². The van der Waals surface area contributed by atoms with Crippen LogP contribution in [0.1, 0.15) is 11.1 Å². The Balaban J connectivity index is 2.38. The van der Waals surface area contributed by atoms with E-state index in [9.17, 15) is 0 Å². The van der Waals surface area contributed by atoms with Crippen LogP contribution in [0, 0.1) is 13.8 Å². The Labute approximate surface area is 116 Å². The number of hydrogen-bond donors (Lipinski definition) is 1. The van der Waals surface area contributed by atoms with Gasteiger partial charge in [-0.2, -0.15) is 0 Å². The van der Waals surface area contributed by atoms with E-state index < -0.39 is 0 Å². The molecular weight excluding hydrogens is 258 g/mol. The van der Waals surface area contributed by atoms with Gasteiger partial charge in [0.15, 0.2) is 5.65 Å². The second-order valence-corrected chi connectivity index (χ2v) is 5.07. The standard InChI is InChI=1S/C15H14ClN3/c1-9-5-3-6-10(2)12(9)13-14(17)19-8-4-7-11(16)15(19)18-13/h3-8H,17H2,1-2H3. The maximum atomic E-state index is 6.22. The molecule has 1 aromatic carbocycles. The van der Waals surface area contributed by atoms with Crippen molar-refractivity contribution in [3.8, 4) is 11.3 Å². The van der Waals surface area contributed by atoms with Crippen LogP contribution < -0.4 is 5.73 Å². The Bertz CT molecular complexity index is 754. The van der Waals surface area contributed by atoms with Gasteiger partial charge in [0.1, 0.15) is 11.5 Å². The number of aryl methyl sites for hydroxylation is 2. The van der Waals surface area contributed by atoms with Crippen LogP contribution in [0.15, 0.2) is 36.5 Å². The summed E-state index contributed by atoms with van der Waals surface area (Å²) in [5.74, 6) is 0.620. The zero-order valence-electron chi connectivity index (χ0n) is 10.8. The molecule has 0 unspecified atom stereocenters. The number of aromatic nitrogens is 2. The smallest absolute Gasteiger partial charge is 0.157 e. The van der Waals surface area contributed by atoms with Crippen LogP contribution in [0.5, 0.6) is 0 Å². The lowest BCUT2D eigenvalue weighted by atomic mass is 10.0. The highest BCUT2D eigenvalue weighted by molar-refractivity contribution is 6.33. The fourth-order valence-electron chi connectivity index (χ4n) is 2.42. The monoisotopic (exact) mass is 271 g/mol. The van der Waals surface area contributed by atoms with E-state index in [0.29, 0.717) is 16.5 Å². The Morgan fingerprint density at radius 1 is 1.11 bits per heavy atom. The number of anilines is 1. The predicted octanol–water partition coefficient (Wildman–Crippen LogP) is 3.85.